The summed E-state index contributed by atoms with van der Waals surface area (Å²) in [5.41, 5.74) is 1.65. The lowest BCUT2D eigenvalue weighted by Gasteiger charge is -2.15. The van der Waals surface area contributed by atoms with Gasteiger partial charge < -0.3 is 25.3 Å². The molecule has 7 nitrogen and oxygen atoms in total. The fourth-order valence-corrected chi connectivity index (χ4v) is 2.28. The van der Waals surface area contributed by atoms with Crippen LogP contribution in [0.2, 0.25) is 0 Å². The minimum atomic E-state index is -0.958. The van der Waals surface area contributed by atoms with Crippen LogP contribution in [0, 0.1) is 0 Å². The van der Waals surface area contributed by atoms with Crippen molar-refractivity contribution in [2.75, 3.05) is 6.54 Å². The lowest BCUT2D eigenvalue weighted by molar-refractivity contribution is -0.139. The van der Waals surface area contributed by atoms with Crippen LogP contribution in [0.25, 0.3) is 10.9 Å². The molecule has 0 fully saturated rings. The normalized spacial score (nSPS) is 14.5. The van der Waals surface area contributed by atoms with E-state index in [0.717, 1.165) is 16.5 Å². The average Bonchev–Trinajstić information content (AvgIpc) is 2.83. The number of para-hydroxylation sites is 1. The first-order chi connectivity index (χ1) is 10.5. The number of benzene rings is 1. The molecule has 22 heavy (non-hydrogen) atoms. The largest absolute Gasteiger partial charge is 0.480 e. The molecule has 0 bridgehead atoms. The van der Waals surface area contributed by atoms with Gasteiger partial charge in [0.05, 0.1) is 12.3 Å². The number of fused-ring (bicyclic) bond motifs is 1. The van der Waals surface area contributed by atoms with Gasteiger partial charge in [-0.25, -0.2) is 0 Å². The second kappa shape index (κ2) is 7.06. The van der Waals surface area contributed by atoms with Crippen LogP contribution in [0.15, 0.2) is 35.6 Å². The molecule has 0 spiro atoms. The van der Waals surface area contributed by atoms with Gasteiger partial charge in [0.1, 0.15) is 6.04 Å². The van der Waals surface area contributed by atoms with E-state index < -0.39 is 18.1 Å². The van der Waals surface area contributed by atoms with Gasteiger partial charge in [-0.15, -0.1) is 0 Å². The molecule has 7 heteroatoms. The highest BCUT2D eigenvalue weighted by Gasteiger charge is 2.14. The predicted molar refractivity (Wildman–Crippen MR) is 82.4 cm³/mol. The molecule has 1 aromatic carbocycles. The van der Waals surface area contributed by atoms with Crippen molar-refractivity contribution in [2.45, 2.75) is 25.6 Å². The molecule has 118 valence electrons. The summed E-state index contributed by atoms with van der Waals surface area (Å²) in [6.45, 7) is 2.00. The molecular weight excluding hydrogens is 286 g/mol. The minimum absolute atomic E-state index is 0.170. The number of hydrogen-bond donors (Lipinski definition) is 4. The first-order valence-electron chi connectivity index (χ1n) is 6.92. The van der Waals surface area contributed by atoms with Gasteiger partial charge in [-0.3, -0.25) is 4.79 Å². The Balaban J connectivity index is 2.12. The number of aliphatic hydroxyl groups is 1. The summed E-state index contributed by atoms with van der Waals surface area (Å²) in [6, 6.07) is 6.86. The van der Waals surface area contributed by atoms with Crippen molar-refractivity contribution in [2.24, 2.45) is 5.16 Å². The molecule has 0 amide bonds. The number of rotatable bonds is 7. The molecule has 0 saturated carbocycles. The maximum atomic E-state index is 10.7. The fraction of sp³-hybridized carbons (Fsp3) is 0.333. The van der Waals surface area contributed by atoms with Gasteiger partial charge in [0.15, 0.2) is 0 Å². The van der Waals surface area contributed by atoms with E-state index >= 15 is 0 Å². The van der Waals surface area contributed by atoms with Crippen LogP contribution in [-0.4, -0.2) is 50.9 Å². The standard InChI is InChI=1S/C15H19N3O4/c1-10(15(20)21)16-7-12(19)9-18-8-11(6-17-22)13-4-2-3-5-14(13)18/h2-6,8,10,12,16,19,22H,7,9H2,1H3,(H,20,21)/b17-6-/t10-,12+/m1/s1. The van der Waals surface area contributed by atoms with Crippen LogP contribution < -0.4 is 5.32 Å². The number of carboxylic acids is 1. The highest BCUT2D eigenvalue weighted by Crippen LogP contribution is 2.20. The third-order valence-electron chi connectivity index (χ3n) is 3.45. The summed E-state index contributed by atoms with van der Waals surface area (Å²) in [6.07, 6.45) is 2.39. The van der Waals surface area contributed by atoms with E-state index in [1.54, 1.807) is 6.20 Å². The molecule has 2 rings (SSSR count). The molecule has 4 N–H and O–H groups in total. The monoisotopic (exact) mass is 305 g/mol. The maximum absolute atomic E-state index is 10.7. The lowest BCUT2D eigenvalue weighted by Crippen LogP contribution is -2.39. The SMILES string of the molecule is C[C@@H](NC[C@H](O)Cn1cc(/C=N\O)c2ccccc21)C(=O)O. The zero-order valence-corrected chi connectivity index (χ0v) is 12.2. The lowest BCUT2D eigenvalue weighted by atomic mass is 10.2. The van der Waals surface area contributed by atoms with Gasteiger partial charge in [0.25, 0.3) is 0 Å². The third kappa shape index (κ3) is 3.63. The van der Waals surface area contributed by atoms with Crippen molar-refractivity contribution in [3.8, 4) is 0 Å². The molecule has 0 aliphatic heterocycles. The van der Waals surface area contributed by atoms with Crippen molar-refractivity contribution in [1.82, 2.24) is 9.88 Å². The molecule has 1 heterocycles. The van der Waals surface area contributed by atoms with Gasteiger partial charge in [-0.05, 0) is 13.0 Å². The van der Waals surface area contributed by atoms with Gasteiger partial charge in [-0.1, -0.05) is 23.4 Å². The number of carbonyl (C=O) groups is 1. The second-order valence-electron chi connectivity index (χ2n) is 5.12. The Kier molecular flexibility index (Phi) is 5.13. The van der Waals surface area contributed by atoms with Gasteiger partial charge in [0.2, 0.25) is 0 Å². The molecule has 2 aromatic rings. The molecule has 0 aliphatic rings. The van der Waals surface area contributed by atoms with Gasteiger partial charge in [-0.2, -0.15) is 0 Å². The number of oxime groups is 1. The van der Waals surface area contributed by atoms with Crippen molar-refractivity contribution in [1.29, 1.82) is 0 Å². The van der Waals surface area contributed by atoms with E-state index in [4.69, 9.17) is 10.3 Å². The third-order valence-corrected chi connectivity index (χ3v) is 3.45. The quantitative estimate of drug-likeness (QED) is 0.345. The molecule has 0 aliphatic carbocycles. The fourth-order valence-electron chi connectivity index (χ4n) is 2.28. The summed E-state index contributed by atoms with van der Waals surface area (Å²) in [5.74, 6) is -0.958. The van der Waals surface area contributed by atoms with E-state index in [9.17, 15) is 9.90 Å². The number of aliphatic hydroxyl groups excluding tert-OH is 1. The van der Waals surface area contributed by atoms with E-state index in [1.807, 2.05) is 28.8 Å². The number of nitrogens with zero attached hydrogens (tertiary/aromatic N) is 2. The number of aromatic nitrogens is 1. The van der Waals surface area contributed by atoms with Crippen molar-refractivity contribution < 1.29 is 20.2 Å². The molecular formula is C15H19N3O4. The Bertz CT molecular complexity index is 680. The zero-order valence-electron chi connectivity index (χ0n) is 12.2. The summed E-state index contributed by atoms with van der Waals surface area (Å²) < 4.78 is 1.85. The van der Waals surface area contributed by atoms with Crippen LogP contribution in [0.3, 0.4) is 0 Å². The van der Waals surface area contributed by atoms with Gasteiger partial charge >= 0.3 is 5.97 Å². The minimum Gasteiger partial charge on any atom is -0.480 e. The molecule has 2 atom stereocenters. The highest BCUT2D eigenvalue weighted by atomic mass is 16.4. The molecule has 0 saturated heterocycles. The van der Waals surface area contributed by atoms with Crippen molar-refractivity contribution in [3.05, 3.63) is 36.0 Å². The second-order valence-corrected chi connectivity index (χ2v) is 5.12. The summed E-state index contributed by atoms with van der Waals surface area (Å²) in [4.78, 5) is 10.7. The van der Waals surface area contributed by atoms with Crippen LogP contribution in [0.4, 0.5) is 0 Å². The first-order valence-corrected chi connectivity index (χ1v) is 6.92. The summed E-state index contributed by atoms with van der Waals surface area (Å²) >= 11 is 0. The molecule has 0 unspecified atom stereocenters. The first kappa shape index (κ1) is 16.0. The topological polar surface area (TPSA) is 107 Å². The number of aliphatic carboxylic acids is 1. The summed E-state index contributed by atoms with van der Waals surface area (Å²) in [5, 5.41) is 34.3. The zero-order chi connectivity index (χ0) is 16.1. The van der Waals surface area contributed by atoms with Crippen molar-refractivity contribution >= 4 is 23.1 Å². The van der Waals surface area contributed by atoms with Crippen LogP contribution in [0.5, 0.6) is 0 Å². The molecule has 1 aromatic heterocycles. The smallest absolute Gasteiger partial charge is 0.320 e. The van der Waals surface area contributed by atoms with Crippen LogP contribution in [0.1, 0.15) is 12.5 Å². The van der Waals surface area contributed by atoms with E-state index in [-0.39, 0.29) is 6.54 Å². The number of hydrogen-bond acceptors (Lipinski definition) is 5. The Hall–Kier alpha value is -2.38. The van der Waals surface area contributed by atoms with Crippen LogP contribution in [-0.2, 0) is 11.3 Å². The van der Waals surface area contributed by atoms with Crippen molar-refractivity contribution in [3.63, 3.8) is 0 Å². The highest BCUT2D eigenvalue weighted by molar-refractivity contribution is 5.99. The number of nitrogens with one attached hydrogen (secondary N) is 1. The van der Waals surface area contributed by atoms with E-state index in [0.29, 0.717) is 6.54 Å². The Morgan fingerprint density at radius 2 is 2.18 bits per heavy atom. The van der Waals surface area contributed by atoms with E-state index in [2.05, 4.69) is 10.5 Å². The average molecular weight is 305 g/mol. The van der Waals surface area contributed by atoms with Crippen LogP contribution >= 0.6 is 0 Å². The van der Waals surface area contributed by atoms with E-state index in [1.165, 1.54) is 13.1 Å². The summed E-state index contributed by atoms with van der Waals surface area (Å²) in [7, 11) is 0. The Labute approximate surface area is 127 Å². The number of carboxylic acid groups (broad SMARTS) is 1. The Morgan fingerprint density at radius 3 is 2.86 bits per heavy atom. The predicted octanol–water partition coefficient (Wildman–Crippen LogP) is 0.873. The maximum Gasteiger partial charge on any atom is 0.320 e. The molecule has 0 radical (unpaired) electrons. The van der Waals surface area contributed by atoms with Gasteiger partial charge in [0, 0.05) is 35.8 Å². The Morgan fingerprint density at radius 1 is 1.45 bits per heavy atom.